The topological polar surface area (TPSA) is 99.4 Å². The van der Waals surface area contributed by atoms with Crippen molar-refractivity contribution in [3.8, 4) is 6.07 Å². The number of benzene rings is 1. The van der Waals surface area contributed by atoms with Crippen LogP contribution in [0.2, 0.25) is 0 Å². The number of nitrogens with zero attached hydrogens (tertiary/aromatic N) is 1. The smallest absolute Gasteiger partial charge is 0.240 e. The first kappa shape index (κ1) is 16.9. The highest BCUT2D eigenvalue weighted by Crippen LogP contribution is 2.33. The van der Waals surface area contributed by atoms with Crippen LogP contribution in [0.15, 0.2) is 29.2 Å². The van der Waals surface area contributed by atoms with Crippen LogP contribution in [0.1, 0.15) is 31.2 Å². The van der Waals surface area contributed by atoms with E-state index in [1.54, 1.807) is 0 Å². The molecule has 1 aromatic rings. The second-order valence-electron chi connectivity index (χ2n) is 5.42. The molecular weight excluding hydrogens is 304 g/mol. The van der Waals surface area contributed by atoms with E-state index in [0.29, 0.717) is 5.56 Å². The van der Waals surface area contributed by atoms with E-state index < -0.39 is 15.6 Å². The van der Waals surface area contributed by atoms with E-state index in [0.717, 1.165) is 25.7 Å². The summed E-state index contributed by atoms with van der Waals surface area (Å²) in [6.45, 7) is 0.318. The van der Waals surface area contributed by atoms with Crippen molar-refractivity contribution in [2.24, 2.45) is 0 Å². The predicted molar refractivity (Wildman–Crippen MR) is 80.6 cm³/mol. The zero-order chi connectivity index (χ0) is 16.1. The molecule has 1 aromatic carbocycles. The van der Waals surface area contributed by atoms with E-state index >= 15 is 0 Å². The molecule has 0 heterocycles. The Balaban J connectivity index is 2.05. The maximum Gasteiger partial charge on any atom is 0.240 e. The Labute approximate surface area is 130 Å². The van der Waals surface area contributed by atoms with Gasteiger partial charge in [-0.2, -0.15) is 5.26 Å². The Hall–Kier alpha value is -1.46. The summed E-state index contributed by atoms with van der Waals surface area (Å²) in [5, 5.41) is 17.6. The van der Waals surface area contributed by atoms with Gasteiger partial charge in [-0.25, -0.2) is 13.1 Å². The Bertz CT molecular complexity index is 629. The van der Waals surface area contributed by atoms with E-state index in [2.05, 4.69) is 4.72 Å². The monoisotopic (exact) mass is 324 g/mol. The second-order valence-corrected chi connectivity index (χ2v) is 7.19. The third-order valence-corrected chi connectivity index (χ3v) is 5.31. The Morgan fingerprint density at radius 1 is 1.27 bits per heavy atom. The molecule has 2 N–H and O–H groups in total. The molecule has 22 heavy (non-hydrogen) atoms. The highest BCUT2D eigenvalue weighted by Gasteiger charge is 2.36. The minimum Gasteiger partial charge on any atom is -0.394 e. The van der Waals surface area contributed by atoms with E-state index in [-0.39, 0.29) is 24.7 Å². The van der Waals surface area contributed by atoms with Crippen LogP contribution in [0.25, 0.3) is 0 Å². The SMILES string of the molecule is N#Cc1ccc(S(=O)(=O)NCC2(OCCO)CCCC2)cc1. The van der Waals surface area contributed by atoms with E-state index in [4.69, 9.17) is 15.1 Å². The zero-order valence-corrected chi connectivity index (χ0v) is 13.1. The molecule has 120 valence electrons. The lowest BCUT2D eigenvalue weighted by Crippen LogP contribution is -2.43. The van der Waals surface area contributed by atoms with Gasteiger partial charge in [-0.15, -0.1) is 0 Å². The molecule has 6 nitrogen and oxygen atoms in total. The highest BCUT2D eigenvalue weighted by molar-refractivity contribution is 7.89. The largest absolute Gasteiger partial charge is 0.394 e. The zero-order valence-electron chi connectivity index (χ0n) is 12.3. The Morgan fingerprint density at radius 3 is 2.45 bits per heavy atom. The van der Waals surface area contributed by atoms with Crippen LogP contribution < -0.4 is 4.72 Å². The van der Waals surface area contributed by atoms with Gasteiger partial charge in [0.25, 0.3) is 0 Å². The quantitative estimate of drug-likeness (QED) is 0.784. The molecule has 2 rings (SSSR count). The van der Waals surface area contributed by atoms with Gasteiger partial charge in [0, 0.05) is 6.54 Å². The van der Waals surface area contributed by atoms with Crippen molar-refractivity contribution in [3.63, 3.8) is 0 Å². The second kappa shape index (κ2) is 7.20. The summed E-state index contributed by atoms with van der Waals surface area (Å²) in [7, 11) is -3.64. The average molecular weight is 324 g/mol. The normalized spacial score (nSPS) is 17.3. The minimum absolute atomic E-state index is 0.0792. The van der Waals surface area contributed by atoms with Crippen LogP contribution >= 0.6 is 0 Å². The van der Waals surface area contributed by atoms with Gasteiger partial charge in [0.05, 0.1) is 35.3 Å². The third-order valence-electron chi connectivity index (χ3n) is 3.89. The maximum atomic E-state index is 12.3. The molecule has 7 heteroatoms. The molecule has 0 spiro atoms. The molecule has 0 saturated heterocycles. The molecule has 0 amide bonds. The van der Waals surface area contributed by atoms with Crippen LogP contribution in [-0.4, -0.2) is 38.9 Å². The highest BCUT2D eigenvalue weighted by atomic mass is 32.2. The summed E-state index contributed by atoms with van der Waals surface area (Å²) in [6.07, 6.45) is 3.54. The molecule has 1 fully saturated rings. The van der Waals surface area contributed by atoms with Crippen molar-refractivity contribution in [1.29, 1.82) is 5.26 Å². The molecule has 1 saturated carbocycles. The fourth-order valence-corrected chi connectivity index (χ4v) is 3.79. The van der Waals surface area contributed by atoms with Crippen LogP contribution in [0.5, 0.6) is 0 Å². The summed E-state index contributed by atoms with van der Waals surface area (Å²) in [4.78, 5) is 0.127. The summed E-state index contributed by atoms with van der Waals surface area (Å²) in [5.74, 6) is 0. The Morgan fingerprint density at radius 2 is 1.91 bits per heavy atom. The summed E-state index contributed by atoms with van der Waals surface area (Å²) in [6, 6.07) is 7.73. The van der Waals surface area contributed by atoms with Crippen molar-refractivity contribution < 1.29 is 18.3 Å². The van der Waals surface area contributed by atoms with Crippen LogP contribution in [0, 0.1) is 11.3 Å². The van der Waals surface area contributed by atoms with Gasteiger partial charge in [-0.05, 0) is 37.1 Å². The first-order valence-corrected chi connectivity index (χ1v) is 8.74. The number of aliphatic hydroxyl groups excluding tert-OH is 1. The Kier molecular flexibility index (Phi) is 5.53. The van der Waals surface area contributed by atoms with Crippen LogP contribution in [-0.2, 0) is 14.8 Å². The summed E-state index contributed by atoms with van der Waals surface area (Å²) < 4.78 is 32.9. The molecular formula is C15H20N2O4S. The molecule has 0 radical (unpaired) electrons. The van der Waals surface area contributed by atoms with Crippen molar-refractivity contribution in [2.45, 2.75) is 36.2 Å². The van der Waals surface area contributed by atoms with Crippen LogP contribution in [0.4, 0.5) is 0 Å². The van der Waals surface area contributed by atoms with Crippen LogP contribution in [0.3, 0.4) is 0 Å². The first-order chi connectivity index (χ1) is 10.5. The fourth-order valence-electron chi connectivity index (χ4n) is 2.67. The first-order valence-electron chi connectivity index (χ1n) is 7.26. The average Bonchev–Trinajstić information content (AvgIpc) is 3.01. The molecule has 0 unspecified atom stereocenters. The van der Waals surface area contributed by atoms with Crippen molar-refractivity contribution in [3.05, 3.63) is 29.8 Å². The van der Waals surface area contributed by atoms with Gasteiger partial charge in [0.1, 0.15) is 0 Å². The lowest BCUT2D eigenvalue weighted by molar-refractivity contribution is -0.0492. The van der Waals surface area contributed by atoms with Gasteiger partial charge in [-0.3, -0.25) is 0 Å². The number of ether oxygens (including phenoxy) is 1. The standard InChI is InChI=1S/C15H20N2O4S/c16-11-13-3-5-14(6-4-13)22(19,20)17-12-15(21-10-9-18)7-1-2-8-15/h3-6,17-18H,1-2,7-10,12H2. The number of rotatable bonds is 7. The predicted octanol–water partition coefficient (Wildman–Crippen LogP) is 1.16. The number of nitrogens with one attached hydrogen (secondary N) is 1. The minimum atomic E-state index is -3.64. The van der Waals surface area contributed by atoms with Gasteiger partial charge in [0.15, 0.2) is 0 Å². The molecule has 1 aliphatic carbocycles. The number of hydrogen-bond donors (Lipinski definition) is 2. The lowest BCUT2D eigenvalue weighted by atomic mass is 10.0. The molecule has 0 aliphatic heterocycles. The number of nitriles is 1. The van der Waals surface area contributed by atoms with E-state index in [1.165, 1.54) is 24.3 Å². The molecule has 1 aliphatic rings. The van der Waals surface area contributed by atoms with E-state index in [1.807, 2.05) is 6.07 Å². The molecule has 0 atom stereocenters. The number of sulfonamides is 1. The van der Waals surface area contributed by atoms with Gasteiger partial charge < -0.3 is 9.84 Å². The summed E-state index contributed by atoms with van der Waals surface area (Å²) in [5.41, 5.74) is -0.111. The van der Waals surface area contributed by atoms with Gasteiger partial charge in [-0.1, -0.05) is 12.8 Å². The summed E-state index contributed by atoms with van der Waals surface area (Å²) >= 11 is 0. The van der Waals surface area contributed by atoms with Crippen molar-refractivity contribution >= 4 is 10.0 Å². The van der Waals surface area contributed by atoms with Crippen molar-refractivity contribution in [1.82, 2.24) is 4.72 Å². The van der Waals surface area contributed by atoms with E-state index in [9.17, 15) is 8.42 Å². The fraction of sp³-hybridized carbons (Fsp3) is 0.533. The van der Waals surface area contributed by atoms with Gasteiger partial charge in [0.2, 0.25) is 10.0 Å². The lowest BCUT2D eigenvalue weighted by Gasteiger charge is -2.29. The molecule has 0 bridgehead atoms. The molecule has 0 aromatic heterocycles. The van der Waals surface area contributed by atoms with Crippen molar-refractivity contribution in [2.75, 3.05) is 19.8 Å². The number of hydrogen-bond acceptors (Lipinski definition) is 5. The number of aliphatic hydroxyl groups is 1. The third kappa shape index (κ3) is 4.05. The maximum absolute atomic E-state index is 12.3. The van der Waals surface area contributed by atoms with Gasteiger partial charge >= 0.3 is 0 Å².